The van der Waals surface area contributed by atoms with Gasteiger partial charge >= 0.3 is 4.87 Å². The third-order valence-corrected chi connectivity index (χ3v) is 11.5. The Kier molecular flexibility index (Phi) is 7.84. The van der Waals surface area contributed by atoms with Gasteiger partial charge in [0.2, 0.25) is 27.7 Å². The zero-order valence-corrected chi connectivity index (χ0v) is 27.0. The van der Waals surface area contributed by atoms with Crippen LogP contribution in [0, 0.1) is 5.92 Å². The average molecular weight is 663 g/mol. The summed E-state index contributed by atoms with van der Waals surface area (Å²) in [4.78, 5) is 55.8. The Morgan fingerprint density at radius 1 is 0.911 bits per heavy atom. The minimum atomic E-state index is -3.89. The number of nitrogens with zero attached hydrogens (tertiary/aromatic N) is 2. The molecule has 3 heterocycles. The highest BCUT2D eigenvalue weighted by Crippen LogP contribution is 2.54. The van der Waals surface area contributed by atoms with Crippen molar-refractivity contribution in [1.29, 1.82) is 0 Å². The molecule has 4 aromatic rings. The molecule has 0 unspecified atom stereocenters. The number of sulfonamides is 1. The number of hydrogen-bond acceptors (Lipinski definition) is 8. The van der Waals surface area contributed by atoms with Gasteiger partial charge in [-0.1, -0.05) is 86.3 Å². The number of thioether (sulfide) groups is 1. The molecule has 1 saturated heterocycles. The predicted octanol–water partition coefficient (Wildman–Crippen LogP) is 4.29. The van der Waals surface area contributed by atoms with Crippen LogP contribution in [0.25, 0.3) is 0 Å². The summed E-state index contributed by atoms with van der Waals surface area (Å²) >= 11 is 2.12. The molecule has 2 aliphatic heterocycles. The van der Waals surface area contributed by atoms with Crippen LogP contribution in [0.2, 0.25) is 0 Å². The molecular weight excluding hydrogens is 633 g/mol. The highest BCUT2D eigenvalue weighted by molar-refractivity contribution is 8.00. The van der Waals surface area contributed by atoms with E-state index in [1.54, 1.807) is 24.3 Å². The van der Waals surface area contributed by atoms with Crippen molar-refractivity contribution in [3.63, 3.8) is 0 Å². The SMILES string of the molecule is CC(C)(C)c1ccc([C@@H]2c3sc(=O)n(CC(=O)Nc4ccc(S(N)(=O)=O)cc4)c3S[C@H]3C(=O)N(c4ccccc4)C(=O)[C@@H]23)cc1. The van der Waals surface area contributed by atoms with Gasteiger partial charge in [0.15, 0.2) is 0 Å². The number of anilines is 2. The van der Waals surface area contributed by atoms with E-state index in [1.807, 2.05) is 30.3 Å². The lowest BCUT2D eigenvalue weighted by atomic mass is 9.81. The van der Waals surface area contributed by atoms with Gasteiger partial charge in [-0.2, -0.15) is 0 Å². The number of amides is 3. The minimum absolute atomic E-state index is 0.0989. The van der Waals surface area contributed by atoms with E-state index in [0.29, 0.717) is 21.3 Å². The van der Waals surface area contributed by atoms with Gasteiger partial charge in [0, 0.05) is 16.5 Å². The Morgan fingerprint density at radius 3 is 2.16 bits per heavy atom. The Labute approximate surface area is 268 Å². The number of aromatic nitrogens is 1. The van der Waals surface area contributed by atoms with Gasteiger partial charge in [-0.15, -0.1) is 0 Å². The zero-order valence-electron chi connectivity index (χ0n) is 24.6. The fraction of sp³-hybridized carbons (Fsp3) is 0.250. The molecule has 0 spiro atoms. The molecule has 6 rings (SSSR count). The van der Waals surface area contributed by atoms with Gasteiger partial charge < -0.3 is 5.32 Å². The lowest BCUT2D eigenvalue weighted by Gasteiger charge is -2.31. The third-order valence-electron chi connectivity index (χ3n) is 7.97. The van der Waals surface area contributed by atoms with Crippen LogP contribution in [0.4, 0.5) is 11.4 Å². The van der Waals surface area contributed by atoms with E-state index in [-0.39, 0.29) is 33.5 Å². The average Bonchev–Trinajstić information content (AvgIpc) is 3.43. The van der Waals surface area contributed by atoms with Gasteiger partial charge in [0.1, 0.15) is 11.8 Å². The number of carbonyl (C=O) groups excluding carboxylic acids is 3. The quantitative estimate of drug-likeness (QED) is 0.293. The number of thiazole rings is 1. The number of para-hydroxylation sites is 1. The molecule has 1 aromatic heterocycles. The number of primary sulfonamides is 1. The molecule has 232 valence electrons. The maximum Gasteiger partial charge on any atom is 0.308 e. The van der Waals surface area contributed by atoms with Crippen molar-refractivity contribution in [1.82, 2.24) is 4.57 Å². The first kappa shape index (κ1) is 31.0. The lowest BCUT2D eigenvalue weighted by Crippen LogP contribution is -2.33. The molecule has 3 N–H and O–H groups in total. The number of fused-ring (bicyclic) bond motifs is 2. The molecule has 0 aliphatic carbocycles. The standard InChI is InChI=1S/C32H30N4O6S3/c1-32(2,3)19-11-9-18(10-12-19)24-25-26(29(39)36(28(25)38)21-7-5-4-6-8-21)43-30-27(24)44-31(40)35(30)17-23(37)34-20-13-15-22(16-14-20)45(33,41)42/h4-16,24-26H,17H2,1-3H3,(H,34,37)(H2,33,41,42)/t24-,25-,26+/m0/s1. The number of rotatable bonds is 6. The lowest BCUT2D eigenvalue weighted by molar-refractivity contribution is -0.122. The van der Waals surface area contributed by atoms with Gasteiger partial charge in [0.25, 0.3) is 0 Å². The van der Waals surface area contributed by atoms with Gasteiger partial charge in [-0.05, 0) is 52.9 Å². The molecule has 13 heteroatoms. The molecular formula is C32H30N4O6S3. The topological polar surface area (TPSA) is 149 Å². The second-order valence-corrected chi connectivity index (χ2v) is 15.7. The smallest absolute Gasteiger partial charge is 0.308 e. The summed E-state index contributed by atoms with van der Waals surface area (Å²) < 4.78 is 24.5. The summed E-state index contributed by atoms with van der Waals surface area (Å²) in [5.41, 5.74) is 2.62. The molecule has 2 aliphatic rings. The van der Waals surface area contributed by atoms with Crippen LogP contribution in [0.1, 0.15) is 42.7 Å². The molecule has 45 heavy (non-hydrogen) atoms. The fourth-order valence-corrected chi connectivity index (χ4v) is 9.00. The number of carbonyl (C=O) groups is 3. The molecule has 1 fully saturated rings. The third kappa shape index (κ3) is 5.76. The number of nitrogens with two attached hydrogens (primary N) is 1. The fourth-order valence-electron chi connectivity index (χ4n) is 5.71. The monoisotopic (exact) mass is 662 g/mol. The van der Waals surface area contributed by atoms with Crippen LogP contribution >= 0.6 is 23.1 Å². The highest BCUT2D eigenvalue weighted by atomic mass is 32.2. The van der Waals surface area contributed by atoms with Crippen LogP contribution in [0.3, 0.4) is 0 Å². The van der Waals surface area contributed by atoms with Crippen molar-refractivity contribution < 1.29 is 22.8 Å². The van der Waals surface area contributed by atoms with E-state index in [9.17, 15) is 27.6 Å². The number of benzene rings is 3. The zero-order chi connectivity index (χ0) is 32.3. The molecule has 3 aromatic carbocycles. The van der Waals surface area contributed by atoms with Crippen molar-refractivity contribution in [2.24, 2.45) is 11.1 Å². The van der Waals surface area contributed by atoms with Crippen molar-refractivity contribution in [3.8, 4) is 0 Å². The van der Waals surface area contributed by atoms with Gasteiger partial charge in [-0.3, -0.25) is 23.7 Å². The van der Waals surface area contributed by atoms with Crippen molar-refractivity contribution in [2.75, 3.05) is 10.2 Å². The summed E-state index contributed by atoms with van der Waals surface area (Å²) in [5.74, 6) is -2.53. The van der Waals surface area contributed by atoms with Crippen molar-refractivity contribution in [3.05, 3.63) is 105 Å². The Balaban J connectivity index is 1.38. The molecule has 0 bridgehead atoms. The van der Waals surface area contributed by atoms with Crippen molar-refractivity contribution in [2.45, 2.75) is 53.8 Å². The Bertz CT molecular complexity index is 1980. The largest absolute Gasteiger partial charge is 0.325 e. The van der Waals surface area contributed by atoms with E-state index in [1.165, 1.54) is 33.7 Å². The first-order valence-corrected chi connectivity index (χ1v) is 17.3. The van der Waals surface area contributed by atoms with Crippen LogP contribution in [-0.2, 0) is 36.4 Å². The number of nitrogens with one attached hydrogen (secondary N) is 1. The summed E-state index contributed by atoms with van der Waals surface area (Å²) in [6.45, 7) is 5.98. The Morgan fingerprint density at radius 2 is 1.56 bits per heavy atom. The predicted molar refractivity (Wildman–Crippen MR) is 174 cm³/mol. The minimum Gasteiger partial charge on any atom is -0.325 e. The summed E-state index contributed by atoms with van der Waals surface area (Å²) in [6.07, 6.45) is 0. The first-order valence-electron chi connectivity index (χ1n) is 14.1. The van der Waals surface area contributed by atoms with Crippen LogP contribution < -0.4 is 20.2 Å². The van der Waals surface area contributed by atoms with Crippen LogP contribution in [-0.4, -0.2) is 36.0 Å². The van der Waals surface area contributed by atoms with Crippen LogP contribution in [0.15, 0.2) is 93.6 Å². The molecule has 10 nitrogen and oxygen atoms in total. The molecule has 0 radical (unpaired) electrons. The number of imide groups is 1. The molecule has 3 amide bonds. The maximum absolute atomic E-state index is 14.0. The van der Waals surface area contributed by atoms with E-state index in [0.717, 1.165) is 34.2 Å². The van der Waals surface area contributed by atoms with E-state index in [2.05, 4.69) is 26.1 Å². The Hall–Kier alpha value is -4.04. The normalized spacial score (nSPS) is 19.7. The van der Waals surface area contributed by atoms with Crippen LogP contribution in [0.5, 0.6) is 0 Å². The summed E-state index contributed by atoms with van der Waals surface area (Å²) in [5, 5.41) is 7.51. The van der Waals surface area contributed by atoms with E-state index in [4.69, 9.17) is 5.14 Å². The maximum atomic E-state index is 14.0. The van der Waals surface area contributed by atoms with E-state index >= 15 is 0 Å². The van der Waals surface area contributed by atoms with Gasteiger partial charge in [-0.25, -0.2) is 18.5 Å². The summed E-state index contributed by atoms with van der Waals surface area (Å²) in [7, 11) is -3.89. The van der Waals surface area contributed by atoms with Gasteiger partial charge in [0.05, 0.1) is 21.5 Å². The highest BCUT2D eigenvalue weighted by Gasteiger charge is 2.56. The van der Waals surface area contributed by atoms with Crippen molar-refractivity contribution >= 4 is 62.2 Å². The number of hydrogen-bond donors (Lipinski definition) is 2. The summed E-state index contributed by atoms with van der Waals surface area (Å²) in [6, 6.07) is 22.1. The molecule has 0 saturated carbocycles. The first-order chi connectivity index (χ1) is 21.2. The van der Waals surface area contributed by atoms with E-state index < -0.39 is 33.0 Å². The second kappa shape index (κ2) is 11.4. The second-order valence-electron chi connectivity index (χ2n) is 12.0. The molecule has 3 atom stereocenters.